The smallest absolute Gasteiger partial charge is 0.251 e. The molecule has 2 aromatic rings. The number of methoxy groups -OCH3 is 2. The lowest BCUT2D eigenvalue weighted by molar-refractivity contribution is -0.121. The van der Waals surface area contributed by atoms with E-state index in [1.165, 1.54) is 4.90 Å². The van der Waals surface area contributed by atoms with Crippen LogP contribution in [0.2, 0.25) is 0 Å². The van der Waals surface area contributed by atoms with E-state index in [-0.39, 0.29) is 18.2 Å². The van der Waals surface area contributed by atoms with Crippen molar-refractivity contribution in [2.75, 3.05) is 25.7 Å². The van der Waals surface area contributed by atoms with Crippen LogP contribution in [-0.4, -0.2) is 38.6 Å². The minimum absolute atomic E-state index is 0.174. The largest absolute Gasteiger partial charge is 0.493 e. The van der Waals surface area contributed by atoms with Crippen LogP contribution >= 0.6 is 0 Å². The molecule has 6 nitrogen and oxygen atoms in total. The Bertz CT molecular complexity index is 833. The number of rotatable bonds is 7. The lowest BCUT2D eigenvalue weighted by Gasteiger charge is -2.16. The minimum atomic E-state index is -0.487. The van der Waals surface area contributed by atoms with Gasteiger partial charge in [-0.05, 0) is 49.7 Å². The van der Waals surface area contributed by atoms with Crippen molar-refractivity contribution in [2.45, 2.75) is 25.8 Å². The van der Waals surface area contributed by atoms with Gasteiger partial charge in [0.1, 0.15) is 0 Å². The van der Waals surface area contributed by atoms with Crippen LogP contribution in [0, 0.1) is 6.92 Å². The van der Waals surface area contributed by atoms with Gasteiger partial charge in [0.15, 0.2) is 11.5 Å². The molecule has 1 aliphatic heterocycles. The average molecular weight is 368 g/mol. The summed E-state index contributed by atoms with van der Waals surface area (Å²) in [4.78, 5) is 26.2. The van der Waals surface area contributed by atoms with Crippen LogP contribution in [0.4, 0.5) is 5.69 Å². The summed E-state index contributed by atoms with van der Waals surface area (Å²) >= 11 is 0. The van der Waals surface area contributed by atoms with Crippen LogP contribution in [0.1, 0.15) is 17.5 Å². The molecule has 142 valence electrons. The third-order valence-corrected chi connectivity index (χ3v) is 4.69. The van der Waals surface area contributed by atoms with Crippen molar-refractivity contribution >= 4 is 17.5 Å². The third kappa shape index (κ3) is 4.11. The Balaban J connectivity index is 1.60. The zero-order valence-electron chi connectivity index (χ0n) is 15.8. The van der Waals surface area contributed by atoms with Gasteiger partial charge in [-0.1, -0.05) is 23.8 Å². The van der Waals surface area contributed by atoms with Gasteiger partial charge in [-0.2, -0.15) is 0 Å². The van der Waals surface area contributed by atoms with Crippen LogP contribution in [0.5, 0.6) is 11.5 Å². The molecule has 1 saturated heterocycles. The summed E-state index contributed by atoms with van der Waals surface area (Å²) < 4.78 is 10.5. The number of benzene rings is 2. The summed E-state index contributed by atoms with van der Waals surface area (Å²) in [6.07, 6.45) is 0.890. The Morgan fingerprint density at radius 2 is 1.74 bits per heavy atom. The van der Waals surface area contributed by atoms with Crippen molar-refractivity contribution < 1.29 is 19.1 Å². The zero-order valence-corrected chi connectivity index (χ0v) is 15.8. The molecule has 0 saturated carbocycles. The van der Waals surface area contributed by atoms with Crippen molar-refractivity contribution in [3.8, 4) is 11.5 Å². The quantitative estimate of drug-likeness (QED) is 0.761. The van der Waals surface area contributed by atoms with Crippen molar-refractivity contribution in [1.29, 1.82) is 0 Å². The molecule has 2 aromatic carbocycles. The molecule has 0 aromatic heterocycles. The van der Waals surface area contributed by atoms with E-state index in [1.54, 1.807) is 26.4 Å². The number of nitrogens with zero attached hydrogens (tertiary/aromatic N) is 1. The molecule has 3 rings (SSSR count). The lowest BCUT2D eigenvalue weighted by atomic mass is 10.1. The molecule has 1 N–H and O–H groups in total. The monoisotopic (exact) mass is 368 g/mol. The Hall–Kier alpha value is -2.86. The van der Waals surface area contributed by atoms with Crippen LogP contribution < -0.4 is 19.7 Å². The van der Waals surface area contributed by atoms with Crippen molar-refractivity contribution in [1.82, 2.24) is 5.32 Å². The molecular weight excluding hydrogens is 344 g/mol. The molecule has 0 aliphatic carbocycles. The molecule has 1 aliphatic rings. The van der Waals surface area contributed by atoms with E-state index in [0.29, 0.717) is 30.2 Å². The molecule has 0 spiro atoms. The fraction of sp³-hybridized carbons (Fsp3) is 0.333. The van der Waals surface area contributed by atoms with Gasteiger partial charge < -0.3 is 14.8 Å². The maximum absolute atomic E-state index is 12.6. The second-order valence-electron chi connectivity index (χ2n) is 6.55. The van der Waals surface area contributed by atoms with Crippen LogP contribution in [-0.2, 0) is 16.0 Å². The van der Waals surface area contributed by atoms with Gasteiger partial charge in [0.05, 0.1) is 32.4 Å². The number of hydrogen-bond acceptors (Lipinski definition) is 5. The van der Waals surface area contributed by atoms with Gasteiger partial charge in [0.25, 0.3) is 5.91 Å². The molecule has 1 heterocycles. The van der Waals surface area contributed by atoms with Crippen LogP contribution in [0.25, 0.3) is 0 Å². The van der Waals surface area contributed by atoms with E-state index in [4.69, 9.17) is 9.47 Å². The molecule has 0 bridgehead atoms. The summed E-state index contributed by atoms with van der Waals surface area (Å²) in [5, 5.41) is 3.20. The number of hydrogen-bond donors (Lipinski definition) is 1. The van der Waals surface area contributed by atoms with E-state index in [9.17, 15) is 9.59 Å². The Labute approximate surface area is 159 Å². The standard InChI is InChI=1S/C21H24N2O4/c1-14-4-7-16(8-5-14)23-20(24)13-17(21(23)25)22-11-10-15-6-9-18(26-2)19(12-15)27-3/h4-9,12,17,22H,10-11,13H2,1-3H3/t17-/m0/s1. The number of ether oxygens (including phenoxy) is 2. The fourth-order valence-electron chi connectivity index (χ4n) is 3.18. The normalized spacial score (nSPS) is 16.7. The fourth-order valence-corrected chi connectivity index (χ4v) is 3.18. The molecule has 1 fully saturated rings. The lowest BCUT2D eigenvalue weighted by Crippen LogP contribution is -2.39. The van der Waals surface area contributed by atoms with Gasteiger partial charge in [-0.3, -0.25) is 9.59 Å². The SMILES string of the molecule is COc1ccc(CCN[C@H]2CC(=O)N(c3ccc(C)cc3)C2=O)cc1OC. The first kappa shape index (κ1) is 18.9. The van der Waals surface area contributed by atoms with E-state index >= 15 is 0 Å². The summed E-state index contributed by atoms with van der Waals surface area (Å²) in [5.74, 6) is 0.982. The first-order valence-corrected chi connectivity index (χ1v) is 8.91. The number of carbonyl (C=O) groups excluding carboxylic acids is 2. The number of carbonyl (C=O) groups is 2. The predicted molar refractivity (Wildman–Crippen MR) is 103 cm³/mol. The third-order valence-electron chi connectivity index (χ3n) is 4.69. The maximum Gasteiger partial charge on any atom is 0.251 e. The molecule has 2 amide bonds. The topological polar surface area (TPSA) is 67.9 Å². The molecule has 6 heteroatoms. The summed E-state index contributed by atoms with van der Waals surface area (Å²) in [7, 11) is 3.20. The average Bonchev–Trinajstić information content (AvgIpc) is 2.96. The minimum Gasteiger partial charge on any atom is -0.493 e. The van der Waals surface area contributed by atoms with E-state index in [2.05, 4.69) is 5.32 Å². The highest BCUT2D eigenvalue weighted by Crippen LogP contribution is 2.28. The van der Waals surface area contributed by atoms with E-state index in [1.807, 2.05) is 37.3 Å². The number of amides is 2. The first-order chi connectivity index (χ1) is 13.0. The van der Waals surface area contributed by atoms with Crippen molar-refractivity contribution in [3.05, 3.63) is 53.6 Å². The Kier molecular flexibility index (Phi) is 5.76. The van der Waals surface area contributed by atoms with E-state index < -0.39 is 6.04 Å². The maximum atomic E-state index is 12.6. The summed E-state index contributed by atoms with van der Waals surface area (Å²) in [6.45, 7) is 2.55. The Morgan fingerprint density at radius 1 is 1.04 bits per heavy atom. The zero-order chi connectivity index (χ0) is 19.4. The molecular formula is C21H24N2O4. The second kappa shape index (κ2) is 8.22. The second-order valence-corrected chi connectivity index (χ2v) is 6.55. The number of anilines is 1. The van der Waals surface area contributed by atoms with Gasteiger partial charge in [-0.25, -0.2) is 4.90 Å². The number of aryl methyl sites for hydroxylation is 1. The Morgan fingerprint density at radius 3 is 2.41 bits per heavy atom. The van der Waals surface area contributed by atoms with Crippen LogP contribution in [0.15, 0.2) is 42.5 Å². The predicted octanol–water partition coefficient (Wildman–Crippen LogP) is 2.48. The molecule has 0 unspecified atom stereocenters. The van der Waals surface area contributed by atoms with Crippen LogP contribution in [0.3, 0.4) is 0 Å². The highest BCUT2D eigenvalue weighted by atomic mass is 16.5. The van der Waals surface area contributed by atoms with Gasteiger partial charge in [0.2, 0.25) is 5.91 Å². The van der Waals surface area contributed by atoms with Crippen molar-refractivity contribution in [2.24, 2.45) is 0 Å². The van der Waals surface area contributed by atoms with Gasteiger partial charge in [-0.15, -0.1) is 0 Å². The highest BCUT2D eigenvalue weighted by Gasteiger charge is 2.39. The number of nitrogens with one attached hydrogen (secondary N) is 1. The number of imide groups is 1. The van der Waals surface area contributed by atoms with Gasteiger partial charge in [0, 0.05) is 0 Å². The summed E-state index contributed by atoms with van der Waals surface area (Å²) in [6, 6.07) is 12.6. The summed E-state index contributed by atoms with van der Waals surface area (Å²) in [5.41, 5.74) is 2.77. The molecule has 1 atom stereocenters. The molecule has 0 radical (unpaired) electrons. The first-order valence-electron chi connectivity index (χ1n) is 8.91. The van der Waals surface area contributed by atoms with Gasteiger partial charge >= 0.3 is 0 Å². The van der Waals surface area contributed by atoms with Crippen molar-refractivity contribution in [3.63, 3.8) is 0 Å². The van der Waals surface area contributed by atoms with E-state index in [0.717, 1.165) is 11.1 Å². The highest BCUT2D eigenvalue weighted by molar-refractivity contribution is 6.22. The molecule has 27 heavy (non-hydrogen) atoms.